The van der Waals surface area contributed by atoms with Crippen molar-refractivity contribution in [2.75, 3.05) is 33.2 Å². The molecule has 1 aromatic carbocycles. The summed E-state index contributed by atoms with van der Waals surface area (Å²) in [5, 5.41) is 6.63. The number of benzene rings is 1. The van der Waals surface area contributed by atoms with Gasteiger partial charge >= 0.3 is 0 Å². The molecule has 1 aliphatic rings. The highest BCUT2D eigenvalue weighted by Gasteiger charge is 2.20. The third kappa shape index (κ3) is 7.34. The Hall–Kier alpha value is -0.960. The number of piperidine rings is 1. The van der Waals surface area contributed by atoms with Gasteiger partial charge in [0.25, 0.3) is 0 Å². The fraction of sp³-hybridized carbons (Fsp3) is 0.632. The molecule has 1 fully saturated rings. The van der Waals surface area contributed by atoms with Gasteiger partial charge in [0.05, 0.1) is 0 Å². The lowest BCUT2D eigenvalue weighted by atomic mass is 10.0. The van der Waals surface area contributed by atoms with E-state index < -0.39 is 11.6 Å². The Morgan fingerprint density at radius 3 is 2.58 bits per heavy atom. The molecule has 0 spiro atoms. The highest BCUT2D eigenvalue weighted by molar-refractivity contribution is 14.0. The number of nitrogens with zero attached hydrogens (tertiary/aromatic N) is 2. The quantitative estimate of drug-likeness (QED) is 0.373. The molecule has 1 heterocycles. The first-order valence-corrected chi connectivity index (χ1v) is 9.12. The Balaban J connectivity index is 0.00000338. The van der Waals surface area contributed by atoms with Crippen LogP contribution < -0.4 is 10.6 Å². The van der Waals surface area contributed by atoms with E-state index in [4.69, 9.17) is 0 Å². The van der Waals surface area contributed by atoms with E-state index in [1.807, 2.05) is 0 Å². The number of rotatable bonds is 6. The van der Waals surface area contributed by atoms with Crippen LogP contribution in [-0.2, 0) is 6.42 Å². The van der Waals surface area contributed by atoms with Crippen LogP contribution in [0.3, 0.4) is 0 Å². The molecule has 1 aromatic rings. The topological polar surface area (TPSA) is 39.7 Å². The molecule has 7 heteroatoms. The summed E-state index contributed by atoms with van der Waals surface area (Å²) in [4.78, 5) is 6.74. The van der Waals surface area contributed by atoms with Crippen LogP contribution in [0.25, 0.3) is 0 Å². The van der Waals surface area contributed by atoms with Gasteiger partial charge in [0.2, 0.25) is 0 Å². The first-order chi connectivity index (χ1) is 12.0. The van der Waals surface area contributed by atoms with E-state index in [0.717, 1.165) is 44.5 Å². The molecule has 0 radical (unpaired) electrons. The molecule has 2 rings (SSSR count). The minimum absolute atomic E-state index is 0. The van der Waals surface area contributed by atoms with E-state index in [-0.39, 0.29) is 24.0 Å². The largest absolute Gasteiger partial charge is 0.356 e. The lowest BCUT2D eigenvalue weighted by molar-refractivity contribution is 0.187. The fourth-order valence-corrected chi connectivity index (χ4v) is 3.22. The summed E-state index contributed by atoms with van der Waals surface area (Å²) in [5.74, 6) is -0.140. The molecule has 0 atom stereocenters. The van der Waals surface area contributed by atoms with Crippen molar-refractivity contribution in [3.05, 3.63) is 35.4 Å². The van der Waals surface area contributed by atoms with Crippen molar-refractivity contribution in [2.45, 2.75) is 39.2 Å². The van der Waals surface area contributed by atoms with E-state index in [9.17, 15) is 8.78 Å². The molecule has 0 aliphatic carbocycles. The molecule has 1 saturated heterocycles. The van der Waals surface area contributed by atoms with Crippen LogP contribution in [0.2, 0.25) is 0 Å². The third-order valence-corrected chi connectivity index (χ3v) is 4.49. The van der Waals surface area contributed by atoms with Crippen LogP contribution in [0, 0.1) is 17.6 Å². The Labute approximate surface area is 172 Å². The standard InChI is InChI=1S/C19H30F2N4.HI/c1-14(2)13-25-11-8-16(9-12-25)24-19(22-3)23-10-7-15-5-4-6-17(20)18(15)21;/h4-6,14,16H,7-13H2,1-3H3,(H2,22,23,24);1H. The van der Waals surface area contributed by atoms with Crippen molar-refractivity contribution >= 4 is 29.9 Å². The summed E-state index contributed by atoms with van der Waals surface area (Å²) in [6, 6.07) is 4.69. The van der Waals surface area contributed by atoms with Crippen LogP contribution >= 0.6 is 24.0 Å². The van der Waals surface area contributed by atoms with Crippen molar-refractivity contribution in [1.82, 2.24) is 15.5 Å². The van der Waals surface area contributed by atoms with Gasteiger partial charge in [-0.15, -0.1) is 24.0 Å². The van der Waals surface area contributed by atoms with Gasteiger partial charge in [0.1, 0.15) is 0 Å². The van der Waals surface area contributed by atoms with Crippen LogP contribution in [0.5, 0.6) is 0 Å². The second-order valence-electron chi connectivity index (χ2n) is 7.07. The highest BCUT2D eigenvalue weighted by Crippen LogP contribution is 2.13. The number of halogens is 3. The van der Waals surface area contributed by atoms with E-state index in [2.05, 4.69) is 34.4 Å². The number of nitrogens with one attached hydrogen (secondary N) is 2. The number of guanidine groups is 1. The summed E-state index contributed by atoms with van der Waals surface area (Å²) in [6.07, 6.45) is 2.59. The van der Waals surface area contributed by atoms with Gasteiger partial charge in [-0.2, -0.15) is 0 Å². The van der Waals surface area contributed by atoms with Crippen LogP contribution in [-0.4, -0.2) is 50.1 Å². The van der Waals surface area contributed by atoms with Gasteiger partial charge in [-0.1, -0.05) is 26.0 Å². The summed E-state index contributed by atoms with van der Waals surface area (Å²) >= 11 is 0. The Kier molecular flexibility index (Phi) is 10.4. The number of aliphatic imine (C=N–C) groups is 1. The summed E-state index contributed by atoms with van der Waals surface area (Å²) in [6.45, 7) is 8.35. The molecule has 1 aliphatic heterocycles. The van der Waals surface area contributed by atoms with E-state index in [1.54, 1.807) is 13.1 Å². The van der Waals surface area contributed by atoms with Crippen molar-refractivity contribution in [2.24, 2.45) is 10.9 Å². The number of likely N-dealkylation sites (tertiary alicyclic amines) is 1. The molecule has 0 saturated carbocycles. The first-order valence-electron chi connectivity index (χ1n) is 9.12. The Morgan fingerprint density at radius 1 is 1.27 bits per heavy atom. The minimum Gasteiger partial charge on any atom is -0.356 e. The zero-order valence-corrected chi connectivity index (χ0v) is 18.2. The molecule has 0 bridgehead atoms. The van der Waals surface area contributed by atoms with Gasteiger partial charge < -0.3 is 15.5 Å². The summed E-state index contributed by atoms with van der Waals surface area (Å²) in [5.41, 5.74) is 0.380. The van der Waals surface area contributed by atoms with E-state index >= 15 is 0 Å². The van der Waals surface area contributed by atoms with Crippen molar-refractivity contribution in [1.29, 1.82) is 0 Å². The van der Waals surface area contributed by atoms with Gasteiger partial charge in [-0.25, -0.2) is 8.78 Å². The molecule has 0 amide bonds. The minimum atomic E-state index is -0.798. The molecule has 26 heavy (non-hydrogen) atoms. The molecule has 2 N–H and O–H groups in total. The second-order valence-corrected chi connectivity index (χ2v) is 7.07. The number of hydrogen-bond acceptors (Lipinski definition) is 2. The second kappa shape index (κ2) is 11.7. The normalized spacial score (nSPS) is 16.5. The zero-order valence-electron chi connectivity index (χ0n) is 15.9. The van der Waals surface area contributed by atoms with Crippen molar-refractivity contribution in [3.63, 3.8) is 0 Å². The molecule has 0 aromatic heterocycles. The lowest BCUT2D eigenvalue weighted by Crippen LogP contribution is -2.49. The zero-order chi connectivity index (χ0) is 18.2. The van der Waals surface area contributed by atoms with Gasteiger partial charge in [0, 0.05) is 39.3 Å². The monoisotopic (exact) mass is 480 g/mol. The van der Waals surface area contributed by atoms with Gasteiger partial charge in [-0.05, 0) is 36.8 Å². The molecule has 0 unspecified atom stereocenters. The van der Waals surface area contributed by atoms with Crippen LogP contribution in [0.15, 0.2) is 23.2 Å². The predicted octanol–water partition coefficient (Wildman–Crippen LogP) is 3.41. The first kappa shape index (κ1) is 23.1. The average Bonchev–Trinajstić information content (AvgIpc) is 2.59. The van der Waals surface area contributed by atoms with E-state index in [0.29, 0.717) is 30.5 Å². The van der Waals surface area contributed by atoms with Gasteiger partial charge in [-0.3, -0.25) is 4.99 Å². The molecular weight excluding hydrogens is 449 g/mol. The maximum atomic E-state index is 13.7. The molecule has 4 nitrogen and oxygen atoms in total. The smallest absolute Gasteiger partial charge is 0.191 e. The third-order valence-electron chi connectivity index (χ3n) is 4.49. The van der Waals surface area contributed by atoms with Crippen molar-refractivity contribution in [3.8, 4) is 0 Å². The maximum Gasteiger partial charge on any atom is 0.191 e. The van der Waals surface area contributed by atoms with E-state index in [1.165, 1.54) is 6.07 Å². The molecule has 148 valence electrons. The van der Waals surface area contributed by atoms with Crippen LogP contribution in [0.4, 0.5) is 8.78 Å². The summed E-state index contributed by atoms with van der Waals surface area (Å²) < 4.78 is 26.9. The lowest BCUT2D eigenvalue weighted by Gasteiger charge is -2.34. The van der Waals surface area contributed by atoms with Gasteiger partial charge in [0.15, 0.2) is 17.6 Å². The van der Waals surface area contributed by atoms with Crippen LogP contribution in [0.1, 0.15) is 32.3 Å². The summed E-state index contributed by atoms with van der Waals surface area (Å²) in [7, 11) is 1.73. The highest BCUT2D eigenvalue weighted by atomic mass is 127. The number of hydrogen-bond donors (Lipinski definition) is 2. The Bertz CT molecular complexity index is 573. The fourth-order valence-electron chi connectivity index (χ4n) is 3.22. The predicted molar refractivity (Wildman–Crippen MR) is 114 cm³/mol. The maximum absolute atomic E-state index is 13.7. The SMILES string of the molecule is CN=C(NCCc1cccc(F)c1F)NC1CCN(CC(C)C)CC1.I. The van der Waals surface area contributed by atoms with Crippen molar-refractivity contribution < 1.29 is 8.78 Å². The average molecular weight is 480 g/mol. The molecular formula is C19H31F2IN4. The Morgan fingerprint density at radius 2 is 1.96 bits per heavy atom.